The molecule has 1 aliphatic carbocycles. The summed E-state index contributed by atoms with van der Waals surface area (Å²) < 4.78 is 0. The third-order valence-corrected chi connectivity index (χ3v) is 5.28. The van der Waals surface area contributed by atoms with E-state index in [1.165, 1.54) is 44.1 Å². The summed E-state index contributed by atoms with van der Waals surface area (Å²) in [5, 5.41) is 3.88. The summed E-state index contributed by atoms with van der Waals surface area (Å²) in [7, 11) is 0. The maximum Gasteiger partial charge on any atom is 0.00694 e. The molecule has 21 heavy (non-hydrogen) atoms. The highest BCUT2D eigenvalue weighted by molar-refractivity contribution is 5.23. The maximum atomic E-state index is 3.88. The van der Waals surface area contributed by atoms with Crippen LogP contribution in [0.5, 0.6) is 0 Å². The van der Waals surface area contributed by atoms with Gasteiger partial charge in [0.25, 0.3) is 0 Å². The van der Waals surface area contributed by atoms with Crippen molar-refractivity contribution in [2.45, 2.75) is 83.7 Å². The number of benzene rings is 1. The molecule has 1 aliphatic rings. The van der Waals surface area contributed by atoms with Crippen LogP contribution < -0.4 is 5.32 Å². The highest BCUT2D eigenvalue weighted by Gasteiger charge is 2.26. The molecule has 1 nitrogen and oxygen atoms in total. The van der Waals surface area contributed by atoms with E-state index in [4.69, 9.17) is 0 Å². The average molecular weight is 287 g/mol. The Balaban J connectivity index is 1.87. The van der Waals surface area contributed by atoms with Gasteiger partial charge in [-0.2, -0.15) is 0 Å². The van der Waals surface area contributed by atoms with Crippen LogP contribution in [0.2, 0.25) is 0 Å². The first kappa shape index (κ1) is 16.5. The fourth-order valence-corrected chi connectivity index (χ4v) is 4.05. The van der Waals surface area contributed by atoms with Gasteiger partial charge in [0, 0.05) is 12.1 Å². The van der Waals surface area contributed by atoms with Crippen molar-refractivity contribution in [3.05, 3.63) is 35.9 Å². The van der Waals surface area contributed by atoms with Gasteiger partial charge in [-0.1, -0.05) is 63.4 Å². The van der Waals surface area contributed by atoms with E-state index in [0.717, 1.165) is 5.92 Å². The number of hydrogen-bond donors (Lipinski definition) is 1. The van der Waals surface area contributed by atoms with Crippen LogP contribution in [-0.4, -0.2) is 12.1 Å². The molecular weight excluding hydrogens is 254 g/mol. The molecule has 0 aliphatic heterocycles. The molecule has 1 heteroatoms. The topological polar surface area (TPSA) is 12.0 Å². The van der Waals surface area contributed by atoms with Gasteiger partial charge in [0.05, 0.1) is 0 Å². The summed E-state index contributed by atoms with van der Waals surface area (Å²) in [5.41, 5.74) is 1.68. The van der Waals surface area contributed by atoms with E-state index in [-0.39, 0.29) is 5.41 Å². The summed E-state index contributed by atoms with van der Waals surface area (Å²) in [4.78, 5) is 0. The molecule has 1 fully saturated rings. The monoisotopic (exact) mass is 287 g/mol. The van der Waals surface area contributed by atoms with Gasteiger partial charge in [0.15, 0.2) is 0 Å². The highest BCUT2D eigenvalue weighted by atomic mass is 14.9. The van der Waals surface area contributed by atoms with E-state index < -0.39 is 0 Å². The van der Waals surface area contributed by atoms with E-state index in [9.17, 15) is 0 Å². The molecule has 1 saturated carbocycles. The Kier molecular flexibility index (Phi) is 5.87. The summed E-state index contributed by atoms with van der Waals surface area (Å²) >= 11 is 0. The normalized spacial score (nSPS) is 20.2. The second kappa shape index (κ2) is 7.45. The predicted molar refractivity (Wildman–Crippen MR) is 92.7 cm³/mol. The van der Waals surface area contributed by atoms with Gasteiger partial charge in [-0.15, -0.1) is 0 Å². The molecule has 118 valence electrons. The van der Waals surface area contributed by atoms with E-state index in [1.54, 1.807) is 0 Å². The molecule has 1 aromatic rings. The van der Waals surface area contributed by atoms with Crippen LogP contribution in [0.15, 0.2) is 30.3 Å². The fraction of sp³-hybridized carbons (Fsp3) is 0.700. The van der Waals surface area contributed by atoms with Gasteiger partial charge in [0.1, 0.15) is 0 Å². The van der Waals surface area contributed by atoms with Crippen LogP contribution in [-0.2, 0) is 5.41 Å². The van der Waals surface area contributed by atoms with Crippen molar-refractivity contribution < 1.29 is 0 Å². The minimum Gasteiger partial charge on any atom is -0.311 e. The third-order valence-electron chi connectivity index (χ3n) is 5.28. The molecule has 2 atom stereocenters. The molecule has 1 unspecified atom stereocenters. The summed E-state index contributed by atoms with van der Waals surface area (Å²) in [5.74, 6) is 0.890. The molecule has 0 amide bonds. The zero-order valence-electron chi connectivity index (χ0n) is 14.4. The van der Waals surface area contributed by atoms with Gasteiger partial charge < -0.3 is 5.32 Å². The van der Waals surface area contributed by atoms with Gasteiger partial charge in [-0.3, -0.25) is 0 Å². The number of hydrogen-bond acceptors (Lipinski definition) is 1. The Hall–Kier alpha value is -0.820. The van der Waals surface area contributed by atoms with Crippen molar-refractivity contribution in [2.75, 3.05) is 0 Å². The second-order valence-electron chi connectivity index (χ2n) is 7.71. The number of nitrogens with one attached hydrogen (secondary N) is 1. The molecule has 1 N–H and O–H groups in total. The Morgan fingerprint density at radius 1 is 1.05 bits per heavy atom. The Bertz CT molecular complexity index is 403. The number of rotatable bonds is 6. The summed E-state index contributed by atoms with van der Waals surface area (Å²) in [6.07, 6.45) is 8.33. The van der Waals surface area contributed by atoms with E-state index in [0.29, 0.717) is 12.1 Å². The molecule has 0 aromatic heterocycles. The molecule has 0 spiro atoms. The predicted octanol–water partition coefficient (Wildman–Crippen LogP) is 5.30. The van der Waals surface area contributed by atoms with Gasteiger partial charge in [-0.25, -0.2) is 0 Å². The zero-order valence-corrected chi connectivity index (χ0v) is 14.4. The fourth-order valence-electron chi connectivity index (χ4n) is 4.05. The van der Waals surface area contributed by atoms with Crippen LogP contribution in [0.1, 0.15) is 71.8 Å². The average Bonchev–Trinajstić information content (AvgIpc) is 2.48. The Morgan fingerprint density at radius 2 is 1.67 bits per heavy atom. The van der Waals surface area contributed by atoms with Crippen LogP contribution >= 0.6 is 0 Å². The minimum absolute atomic E-state index is 0.236. The van der Waals surface area contributed by atoms with Crippen molar-refractivity contribution in [3.8, 4) is 0 Å². The lowest BCUT2D eigenvalue weighted by Gasteiger charge is -2.34. The second-order valence-corrected chi connectivity index (χ2v) is 7.71. The molecule has 0 heterocycles. The first-order valence-corrected chi connectivity index (χ1v) is 8.80. The lowest BCUT2D eigenvalue weighted by atomic mass is 9.78. The van der Waals surface area contributed by atoms with E-state index in [1.807, 2.05) is 0 Å². The minimum atomic E-state index is 0.236. The molecular formula is C20H33N. The van der Waals surface area contributed by atoms with Crippen LogP contribution in [0.3, 0.4) is 0 Å². The molecule has 2 rings (SSSR count). The van der Waals surface area contributed by atoms with Gasteiger partial charge >= 0.3 is 0 Å². The van der Waals surface area contributed by atoms with E-state index >= 15 is 0 Å². The van der Waals surface area contributed by atoms with Crippen molar-refractivity contribution in [1.82, 2.24) is 5.32 Å². The largest absolute Gasteiger partial charge is 0.311 e. The molecule has 0 radical (unpaired) electrons. The Morgan fingerprint density at radius 3 is 2.29 bits per heavy atom. The van der Waals surface area contributed by atoms with Gasteiger partial charge in [0.2, 0.25) is 0 Å². The molecule has 0 saturated heterocycles. The quantitative estimate of drug-likeness (QED) is 0.748. The van der Waals surface area contributed by atoms with Gasteiger partial charge in [-0.05, 0) is 50.0 Å². The standard InChI is InChI=1S/C20H33N/c1-16(21-17(2)18-11-7-5-8-12-18)15-20(3,4)19-13-9-6-10-14-19/h6,9-10,13-14,16-18,21H,5,7-8,11-12,15H2,1-4H3/t16?,17-/m0/s1. The SMILES string of the molecule is CC(CC(C)(C)c1ccccc1)N[C@@H](C)C1CCCCC1. The summed E-state index contributed by atoms with van der Waals surface area (Å²) in [6, 6.07) is 12.2. The highest BCUT2D eigenvalue weighted by Crippen LogP contribution is 2.30. The van der Waals surface area contributed by atoms with Crippen LogP contribution in [0, 0.1) is 5.92 Å². The molecule has 0 bridgehead atoms. The lowest BCUT2D eigenvalue weighted by Crippen LogP contribution is -2.42. The van der Waals surface area contributed by atoms with Crippen LogP contribution in [0.25, 0.3) is 0 Å². The van der Waals surface area contributed by atoms with Crippen molar-refractivity contribution in [1.29, 1.82) is 0 Å². The first-order valence-electron chi connectivity index (χ1n) is 8.80. The zero-order chi connectivity index (χ0) is 15.3. The smallest absolute Gasteiger partial charge is 0.00694 e. The molecule has 1 aromatic carbocycles. The summed E-state index contributed by atoms with van der Waals surface area (Å²) in [6.45, 7) is 9.48. The lowest BCUT2D eigenvalue weighted by molar-refractivity contribution is 0.253. The van der Waals surface area contributed by atoms with Crippen molar-refractivity contribution in [3.63, 3.8) is 0 Å². The maximum absolute atomic E-state index is 3.88. The Labute approximate surface area is 131 Å². The first-order chi connectivity index (χ1) is 9.99. The van der Waals surface area contributed by atoms with Crippen molar-refractivity contribution >= 4 is 0 Å². The third kappa shape index (κ3) is 4.85. The van der Waals surface area contributed by atoms with E-state index in [2.05, 4.69) is 63.3 Å². The van der Waals surface area contributed by atoms with Crippen molar-refractivity contribution in [2.24, 2.45) is 5.92 Å². The van der Waals surface area contributed by atoms with Crippen LogP contribution in [0.4, 0.5) is 0 Å².